The van der Waals surface area contributed by atoms with Gasteiger partial charge in [0, 0.05) is 0 Å². The molecule has 2 aliphatic heterocycles. The second kappa shape index (κ2) is 9.18. The molecule has 0 aliphatic carbocycles. The molecule has 0 bridgehead atoms. The summed E-state index contributed by atoms with van der Waals surface area (Å²) >= 11 is 0. The molecular formula is C24H27NO7. The van der Waals surface area contributed by atoms with Gasteiger partial charge in [-0.15, -0.1) is 0 Å². The monoisotopic (exact) mass is 441 g/mol. The molecule has 8 heteroatoms. The molecule has 2 aromatic carbocycles. The lowest BCUT2D eigenvalue weighted by Gasteiger charge is -2.29. The number of likely N-dealkylation sites (tertiary alicyclic amines) is 1. The molecule has 0 saturated carbocycles. The molecule has 2 aromatic rings. The Balaban J connectivity index is 1.43. The summed E-state index contributed by atoms with van der Waals surface area (Å²) in [7, 11) is 1.33. The first-order valence-corrected chi connectivity index (χ1v) is 10.5. The van der Waals surface area contributed by atoms with E-state index in [1.165, 1.54) is 7.11 Å². The highest BCUT2D eigenvalue weighted by Gasteiger charge is 2.54. The topological polar surface area (TPSA) is 83.5 Å². The van der Waals surface area contributed by atoms with Crippen LogP contribution in [0.15, 0.2) is 54.6 Å². The van der Waals surface area contributed by atoms with Gasteiger partial charge in [-0.25, -0.2) is 9.59 Å². The number of benzene rings is 2. The zero-order valence-corrected chi connectivity index (χ0v) is 18.4. The normalized spacial score (nSPS) is 23.5. The van der Waals surface area contributed by atoms with Crippen LogP contribution in [0, 0.1) is 0 Å². The van der Waals surface area contributed by atoms with Gasteiger partial charge in [-0.05, 0) is 43.7 Å². The SMILES string of the molecule is COC(=O)c1ccc(OC[C@@H]2[C@H]3OC(C)(C)O[C@H]3CN2C(=O)OCc2ccccc2)cc1. The number of carbonyl (C=O) groups is 2. The third-order valence-corrected chi connectivity index (χ3v) is 5.51. The Morgan fingerprint density at radius 1 is 1.06 bits per heavy atom. The number of esters is 1. The van der Waals surface area contributed by atoms with E-state index in [4.69, 9.17) is 23.7 Å². The number of amides is 1. The lowest BCUT2D eigenvalue weighted by Crippen LogP contribution is -2.45. The molecule has 0 N–H and O–H groups in total. The Hall–Kier alpha value is -3.10. The Bertz CT molecular complexity index is 945. The smallest absolute Gasteiger partial charge is 0.410 e. The maximum absolute atomic E-state index is 12.9. The minimum atomic E-state index is -0.726. The summed E-state index contributed by atoms with van der Waals surface area (Å²) in [5.41, 5.74) is 1.34. The highest BCUT2D eigenvalue weighted by molar-refractivity contribution is 5.89. The Kier molecular flexibility index (Phi) is 6.34. The van der Waals surface area contributed by atoms with Crippen molar-refractivity contribution >= 4 is 12.1 Å². The molecule has 2 saturated heterocycles. The number of ether oxygens (including phenoxy) is 5. The van der Waals surface area contributed by atoms with Crippen molar-refractivity contribution in [3.05, 3.63) is 65.7 Å². The third kappa shape index (κ3) is 4.87. The van der Waals surface area contributed by atoms with Crippen LogP contribution in [0.25, 0.3) is 0 Å². The fraction of sp³-hybridized carbons (Fsp3) is 0.417. The molecule has 1 amide bonds. The van der Waals surface area contributed by atoms with Gasteiger partial charge >= 0.3 is 12.1 Å². The van der Waals surface area contributed by atoms with Crippen LogP contribution in [0.3, 0.4) is 0 Å². The van der Waals surface area contributed by atoms with E-state index in [1.54, 1.807) is 29.2 Å². The number of fused-ring (bicyclic) bond motifs is 1. The van der Waals surface area contributed by atoms with Crippen molar-refractivity contribution in [1.82, 2.24) is 4.90 Å². The van der Waals surface area contributed by atoms with E-state index in [-0.39, 0.29) is 31.5 Å². The van der Waals surface area contributed by atoms with Crippen molar-refractivity contribution in [3.8, 4) is 5.75 Å². The van der Waals surface area contributed by atoms with E-state index in [0.717, 1.165) is 5.56 Å². The molecule has 0 spiro atoms. The van der Waals surface area contributed by atoms with Crippen molar-refractivity contribution < 1.29 is 33.3 Å². The molecule has 0 unspecified atom stereocenters. The number of hydrogen-bond donors (Lipinski definition) is 0. The molecule has 2 aliphatic rings. The Labute approximate surface area is 187 Å². The van der Waals surface area contributed by atoms with Gasteiger partial charge in [-0.1, -0.05) is 30.3 Å². The van der Waals surface area contributed by atoms with Crippen LogP contribution in [-0.2, 0) is 25.6 Å². The fourth-order valence-corrected chi connectivity index (χ4v) is 4.02. The minimum Gasteiger partial charge on any atom is -0.491 e. The van der Waals surface area contributed by atoms with Crippen LogP contribution in [0.4, 0.5) is 4.79 Å². The van der Waals surface area contributed by atoms with E-state index in [9.17, 15) is 9.59 Å². The fourth-order valence-electron chi connectivity index (χ4n) is 4.02. The second-order valence-corrected chi connectivity index (χ2v) is 8.23. The van der Waals surface area contributed by atoms with Gasteiger partial charge in [0.2, 0.25) is 0 Å². The van der Waals surface area contributed by atoms with Crippen molar-refractivity contribution in [1.29, 1.82) is 0 Å². The predicted octanol–water partition coefficient (Wildman–Crippen LogP) is 3.39. The molecule has 32 heavy (non-hydrogen) atoms. The maximum atomic E-state index is 12.9. The first-order valence-electron chi connectivity index (χ1n) is 10.5. The van der Waals surface area contributed by atoms with Gasteiger partial charge in [-0.2, -0.15) is 0 Å². The molecule has 4 rings (SSSR count). The third-order valence-electron chi connectivity index (χ3n) is 5.51. The first-order chi connectivity index (χ1) is 15.4. The zero-order chi connectivity index (χ0) is 22.7. The van der Waals surface area contributed by atoms with Gasteiger partial charge in [0.1, 0.15) is 31.2 Å². The van der Waals surface area contributed by atoms with Crippen molar-refractivity contribution in [3.63, 3.8) is 0 Å². The van der Waals surface area contributed by atoms with Crippen LogP contribution in [0.2, 0.25) is 0 Å². The van der Waals surface area contributed by atoms with Crippen LogP contribution >= 0.6 is 0 Å². The van der Waals surface area contributed by atoms with E-state index in [2.05, 4.69) is 0 Å². The largest absolute Gasteiger partial charge is 0.491 e. The van der Waals surface area contributed by atoms with Gasteiger partial charge < -0.3 is 23.7 Å². The molecule has 170 valence electrons. The summed E-state index contributed by atoms with van der Waals surface area (Å²) in [6, 6.07) is 15.8. The molecule has 0 radical (unpaired) electrons. The summed E-state index contributed by atoms with van der Waals surface area (Å²) in [6.07, 6.45) is -1.03. The van der Waals surface area contributed by atoms with Gasteiger partial charge in [0.05, 0.1) is 25.3 Å². The molecular weight excluding hydrogens is 414 g/mol. The number of rotatable bonds is 6. The zero-order valence-electron chi connectivity index (χ0n) is 18.4. The summed E-state index contributed by atoms with van der Waals surface area (Å²) in [5, 5.41) is 0. The number of nitrogens with zero attached hydrogens (tertiary/aromatic N) is 1. The van der Waals surface area contributed by atoms with E-state index in [1.807, 2.05) is 44.2 Å². The summed E-state index contributed by atoms with van der Waals surface area (Å²) < 4.78 is 28.2. The van der Waals surface area contributed by atoms with Gasteiger partial charge in [0.25, 0.3) is 0 Å². The maximum Gasteiger partial charge on any atom is 0.410 e. The van der Waals surface area contributed by atoms with E-state index in [0.29, 0.717) is 17.9 Å². The second-order valence-electron chi connectivity index (χ2n) is 8.23. The van der Waals surface area contributed by atoms with Crippen LogP contribution < -0.4 is 4.74 Å². The molecule has 0 aromatic heterocycles. The quantitative estimate of drug-likeness (QED) is 0.636. The number of carbonyl (C=O) groups excluding carboxylic acids is 2. The average Bonchev–Trinajstić information content (AvgIpc) is 3.28. The molecule has 2 heterocycles. The molecule has 3 atom stereocenters. The highest BCUT2D eigenvalue weighted by atomic mass is 16.8. The van der Waals surface area contributed by atoms with E-state index < -0.39 is 17.8 Å². The molecule has 8 nitrogen and oxygen atoms in total. The van der Waals surface area contributed by atoms with Crippen molar-refractivity contribution in [2.24, 2.45) is 0 Å². The lowest BCUT2D eigenvalue weighted by molar-refractivity contribution is -0.161. The summed E-state index contributed by atoms with van der Waals surface area (Å²) in [5.74, 6) is -0.575. The Morgan fingerprint density at radius 2 is 1.78 bits per heavy atom. The van der Waals surface area contributed by atoms with Crippen LogP contribution in [0.5, 0.6) is 5.75 Å². The predicted molar refractivity (Wildman–Crippen MR) is 114 cm³/mol. The van der Waals surface area contributed by atoms with Gasteiger partial charge in [0.15, 0.2) is 5.79 Å². The highest BCUT2D eigenvalue weighted by Crippen LogP contribution is 2.37. The van der Waals surface area contributed by atoms with E-state index >= 15 is 0 Å². The van der Waals surface area contributed by atoms with Crippen LogP contribution in [0.1, 0.15) is 29.8 Å². The van der Waals surface area contributed by atoms with Crippen molar-refractivity contribution in [2.45, 2.75) is 44.5 Å². The van der Waals surface area contributed by atoms with Crippen molar-refractivity contribution in [2.75, 3.05) is 20.3 Å². The van der Waals surface area contributed by atoms with Gasteiger partial charge in [-0.3, -0.25) is 4.90 Å². The average molecular weight is 441 g/mol. The standard InChI is InChI=1S/C24H27NO7/c1-24(2)31-20-13-25(23(27)30-14-16-7-5-4-6-8-16)19(21(20)32-24)15-29-18-11-9-17(10-12-18)22(26)28-3/h4-12,19-21H,13-15H2,1-3H3/t19-,20+,21-/m1/s1. The number of methoxy groups -OCH3 is 1. The number of hydrogen-bond acceptors (Lipinski definition) is 7. The first kappa shape index (κ1) is 22.1. The minimum absolute atomic E-state index is 0.182. The lowest BCUT2D eigenvalue weighted by atomic mass is 10.1. The van der Waals surface area contributed by atoms with Crippen LogP contribution in [-0.4, -0.2) is 61.3 Å². The summed E-state index contributed by atoms with van der Waals surface area (Å²) in [6.45, 7) is 4.44. The summed E-state index contributed by atoms with van der Waals surface area (Å²) in [4.78, 5) is 26.1. The Morgan fingerprint density at radius 3 is 2.47 bits per heavy atom. The molecule has 2 fully saturated rings.